The highest BCUT2D eigenvalue weighted by atomic mass is 35.5. The predicted octanol–water partition coefficient (Wildman–Crippen LogP) is 4.36. The van der Waals surface area contributed by atoms with Gasteiger partial charge in [-0.2, -0.15) is 0 Å². The lowest BCUT2D eigenvalue weighted by atomic mass is 10.00. The summed E-state index contributed by atoms with van der Waals surface area (Å²) in [6, 6.07) is 3.94. The molecule has 0 saturated carbocycles. The van der Waals surface area contributed by atoms with Crippen molar-refractivity contribution in [2.24, 2.45) is 5.92 Å². The Balaban J connectivity index is 1.73. The van der Waals surface area contributed by atoms with Crippen LogP contribution >= 0.6 is 11.6 Å². The van der Waals surface area contributed by atoms with Crippen LogP contribution in [0, 0.1) is 19.8 Å². The summed E-state index contributed by atoms with van der Waals surface area (Å²) in [7, 11) is 0. The van der Waals surface area contributed by atoms with E-state index < -0.39 is 0 Å². The highest BCUT2D eigenvalue weighted by Crippen LogP contribution is 2.29. The molecule has 0 bridgehead atoms. The Labute approximate surface area is 153 Å². The van der Waals surface area contributed by atoms with Gasteiger partial charge in [-0.3, -0.25) is 4.79 Å². The van der Waals surface area contributed by atoms with Gasteiger partial charge in [0, 0.05) is 25.5 Å². The summed E-state index contributed by atoms with van der Waals surface area (Å²) in [5.74, 6) is 0.978. The fraction of sp³-hybridized carbons (Fsp3) is 0.421. The minimum Gasteiger partial charge on any atom is -0.338 e. The summed E-state index contributed by atoms with van der Waals surface area (Å²) >= 11 is 6.30. The number of anilines is 2. The minimum atomic E-state index is 0.00245. The molecule has 1 aromatic carbocycles. The molecule has 1 amide bonds. The van der Waals surface area contributed by atoms with Crippen molar-refractivity contribution in [3.8, 4) is 0 Å². The van der Waals surface area contributed by atoms with Crippen molar-refractivity contribution in [3.63, 3.8) is 0 Å². The monoisotopic (exact) mass is 358 g/mol. The number of carbonyl (C=O) groups excluding carboxylic acids is 1. The molecule has 2 heterocycles. The van der Waals surface area contributed by atoms with Crippen LogP contribution in [0.3, 0.4) is 0 Å². The maximum absolute atomic E-state index is 12.6. The van der Waals surface area contributed by atoms with Crippen molar-refractivity contribution in [3.05, 3.63) is 46.2 Å². The molecule has 1 aliphatic rings. The number of likely N-dealkylation sites (tertiary alicyclic amines) is 1. The number of rotatable bonds is 3. The zero-order chi connectivity index (χ0) is 18.0. The molecule has 132 valence electrons. The van der Waals surface area contributed by atoms with Crippen molar-refractivity contribution in [2.45, 2.75) is 33.6 Å². The number of piperidine rings is 1. The second-order valence-electron chi connectivity index (χ2n) is 6.86. The molecule has 2 aromatic rings. The van der Waals surface area contributed by atoms with E-state index in [1.807, 2.05) is 30.9 Å². The van der Waals surface area contributed by atoms with Gasteiger partial charge in [-0.05, 0) is 49.8 Å². The van der Waals surface area contributed by atoms with Crippen molar-refractivity contribution in [1.29, 1.82) is 0 Å². The van der Waals surface area contributed by atoms with E-state index in [2.05, 4.69) is 22.2 Å². The number of nitrogens with one attached hydrogen (secondary N) is 1. The standard InChI is InChI=1S/C19H23ClN4O/c1-12-5-4-6-24(11-12)18(25)15-9-21-19(22-10-15)23-17-14(3)7-13(2)8-16(17)20/h7-10,12H,4-6,11H2,1-3H3,(H,21,22,23). The summed E-state index contributed by atoms with van der Waals surface area (Å²) < 4.78 is 0. The third kappa shape index (κ3) is 4.10. The Hall–Kier alpha value is -2.14. The smallest absolute Gasteiger partial charge is 0.257 e. The first-order valence-electron chi connectivity index (χ1n) is 8.59. The topological polar surface area (TPSA) is 58.1 Å². The maximum atomic E-state index is 12.6. The summed E-state index contributed by atoms with van der Waals surface area (Å²) in [5.41, 5.74) is 3.43. The molecule has 1 saturated heterocycles. The molecule has 1 aromatic heterocycles. The van der Waals surface area contributed by atoms with E-state index in [1.54, 1.807) is 12.4 Å². The van der Waals surface area contributed by atoms with Gasteiger partial charge in [0.1, 0.15) is 0 Å². The molecule has 25 heavy (non-hydrogen) atoms. The summed E-state index contributed by atoms with van der Waals surface area (Å²) in [6.45, 7) is 7.77. The first-order valence-corrected chi connectivity index (χ1v) is 8.97. The van der Waals surface area contributed by atoms with E-state index in [1.165, 1.54) is 6.42 Å². The molecular formula is C19H23ClN4O. The Kier molecular flexibility index (Phi) is 5.23. The number of hydrogen-bond donors (Lipinski definition) is 1. The Bertz CT molecular complexity index is 752. The van der Waals surface area contributed by atoms with Gasteiger partial charge in [0.05, 0.1) is 16.3 Å². The van der Waals surface area contributed by atoms with Crippen LogP contribution < -0.4 is 5.32 Å². The molecule has 0 spiro atoms. The summed E-state index contributed by atoms with van der Waals surface area (Å²) in [6.07, 6.45) is 5.39. The number of carbonyl (C=O) groups is 1. The second-order valence-corrected chi connectivity index (χ2v) is 7.26. The average Bonchev–Trinajstić information content (AvgIpc) is 2.58. The highest BCUT2D eigenvalue weighted by molar-refractivity contribution is 6.33. The first kappa shape index (κ1) is 17.7. The van der Waals surface area contributed by atoms with E-state index in [4.69, 9.17) is 11.6 Å². The zero-order valence-corrected chi connectivity index (χ0v) is 15.6. The van der Waals surface area contributed by atoms with Crippen LogP contribution in [0.25, 0.3) is 0 Å². The first-order chi connectivity index (χ1) is 11.9. The molecule has 0 aliphatic carbocycles. The molecule has 1 atom stereocenters. The second kappa shape index (κ2) is 7.40. The van der Waals surface area contributed by atoms with Crippen LogP contribution in [0.15, 0.2) is 24.5 Å². The van der Waals surface area contributed by atoms with Crippen molar-refractivity contribution < 1.29 is 4.79 Å². The molecule has 1 aliphatic heterocycles. The van der Waals surface area contributed by atoms with Gasteiger partial charge in [0.15, 0.2) is 0 Å². The molecule has 6 heteroatoms. The van der Waals surface area contributed by atoms with E-state index in [0.717, 1.165) is 36.3 Å². The quantitative estimate of drug-likeness (QED) is 0.885. The number of amides is 1. The molecule has 1 N–H and O–H groups in total. The fourth-order valence-electron chi connectivity index (χ4n) is 3.25. The predicted molar refractivity (Wildman–Crippen MR) is 101 cm³/mol. The maximum Gasteiger partial charge on any atom is 0.257 e. The van der Waals surface area contributed by atoms with Crippen molar-refractivity contribution in [2.75, 3.05) is 18.4 Å². The SMILES string of the molecule is Cc1cc(C)c(Nc2ncc(C(=O)N3CCCC(C)C3)cn2)c(Cl)c1. The molecule has 3 rings (SSSR count). The number of benzene rings is 1. The van der Waals surface area contributed by atoms with Gasteiger partial charge >= 0.3 is 0 Å². The lowest BCUT2D eigenvalue weighted by Gasteiger charge is -2.30. The Morgan fingerprint density at radius 3 is 2.64 bits per heavy atom. The molecule has 1 unspecified atom stereocenters. The van der Waals surface area contributed by atoms with Crippen LogP contribution in [0.4, 0.5) is 11.6 Å². The van der Waals surface area contributed by atoms with Gasteiger partial charge in [0.25, 0.3) is 5.91 Å². The van der Waals surface area contributed by atoms with Crippen molar-refractivity contribution >= 4 is 29.1 Å². The highest BCUT2D eigenvalue weighted by Gasteiger charge is 2.22. The lowest BCUT2D eigenvalue weighted by Crippen LogP contribution is -2.39. The summed E-state index contributed by atoms with van der Waals surface area (Å²) in [5, 5.41) is 3.77. The van der Waals surface area contributed by atoms with Gasteiger partial charge in [0.2, 0.25) is 5.95 Å². The minimum absolute atomic E-state index is 0.00245. The van der Waals surface area contributed by atoms with Crippen LogP contribution in [-0.4, -0.2) is 33.9 Å². The van der Waals surface area contributed by atoms with Crippen LogP contribution in [-0.2, 0) is 0 Å². The molecule has 0 radical (unpaired) electrons. The number of halogens is 1. The Morgan fingerprint density at radius 1 is 1.28 bits per heavy atom. The zero-order valence-electron chi connectivity index (χ0n) is 14.8. The summed E-state index contributed by atoms with van der Waals surface area (Å²) in [4.78, 5) is 23.0. The average molecular weight is 359 g/mol. The van der Waals surface area contributed by atoms with Gasteiger partial charge in [-0.25, -0.2) is 9.97 Å². The van der Waals surface area contributed by atoms with E-state index >= 15 is 0 Å². The van der Waals surface area contributed by atoms with Gasteiger partial charge in [-0.15, -0.1) is 0 Å². The van der Waals surface area contributed by atoms with Crippen LogP contribution in [0.1, 0.15) is 41.3 Å². The number of nitrogens with zero attached hydrogens (tertiary/aromatic N) is 3. The van der Waals surface area contributed by atoms with E-state index in [-0.39, 0.29) is 5.91 Å². The van der Waals surface area contributed by atoms with E-state index in [0.29, 0.717) is 22.5 Å². The van der Waals surface area contributed by atoms with Crippen molar-refractivity contribution in [1.82, 2.24) is 14.9 Å². The fourth-order valence-corrected chi connectivity index (χ4v) is 3.61. The number of hydrogen-bond acceptors (Lipinski definition) is 4. The third-order valence-electron chi connectivity index (χ3n) is 4.51. The van der Waals surface area contributed by atoms with Crippen LogP contribution in [0.2, 0.25) is 5.02 Å². The number of aromatic nitrogens is 2. The normalized spacial score (nSPS) is 17.4. The lowest BCUT2D eigenvalue weighted by molar-refractivity contribution is 0.0682. The van der Waals surface area contributed by atoms with Gasteiger partial charge < -0.3 is 10.2 Å². The van der Waals surface area contributed by atoms with Crippen LogP contribution in [0.5, 0.6) is 0 Å². The third-order valence-corrected chi connectivity index (χ3v) is 4.81. The molecule has 5 nitrogen and oxygen atoms in total. The Morgan fingerprint density at radius 2 is 2.00 bits per heavy atom. The largest absolute Gasteiger partial charge is 0.338 e. The number of aryl methyl sites for hydroxylation is 2. The van der Waals surface area contributed by atoms with Gasteiger partial charge in [-0.1, -0.05) is 24.6 Å². The van der Waals surface area contributed by atoms with E-state index in [9.17, 15) is 4.79 Å². The molecule has 1 fully saturated rings. The molecular weight excluding hydrogens is 336 g/mol.